The monoisotopic (exact) mass is 347 g/mol. The first kappa shape index (κ1) is 17.8. The summed E-state index contributed by atoms with van der Waals surface area (Å²) in [6.07, 6.45) is 4.60. The zero-order chi connectivity index (χ0) is 18.5. The number of hydrogen-bond donors (Lipinski definition) is 2. The molecule has 2 aromatic heterocycles. The largest absolute Gasteiger partial charge is 0.387 e. The van der Waals surface area contributed by atoms with E-state index >= 15 is 0 Å². The van der Waals surface area contributed by atoms with E-state index < -0.39 is 6.10 Å². The van der Waals surface area contributed by atoms with Crippen molar-refractivity contribution >= 4 is 0 Å². The van der Waals surface area contributed by atoms with Crippen LogP contribution >= 0.6 is 0 Å². The van der Waals surface area contributed by atoms with Crippen molar-refractivity contribution in [1.29, 1.82) is 5.26 Å². The van der Waals surface area contributed by atoms with E-state index in [1.54, 1.807) is 24.5 Å². The Bertz CT molecular complexity index is 896. The van der Waals surface area contributed by atoms with Gasteiger partial charge in [-0.1, -0.05) is 0 Å². The van der Waals surface area contributed by atoms with E-state index in [9.17, 15) is 5.11 Å². The van der Waals surface area contributed by atoms with E-state index in [0.29, 0.717) is 12.1 Å². The lowest BCUT2D eigenvalue weighted by atomic mass is 10.1. The van der Waals surface area contributed by atoms with Crippen molar-refractivity contribution in [3.63, 3.8) is 0 Å². The molecular weight excluding hydrogens is 326 g/mol. The molecule has 2 heterocycles. The van der Waals surface area contributed by atoms with Crippen molar-refractivity contribution in [2.45, 2.75) is 26.0 Å². The summed E-state index contributed by atoms with van der Waals surface area (Å²) in [7, 11) is 0. The number of aromatic nitrogens is 3. The Hall–Kier alpha value is -3.01. The minimum absolute atomic E-state index is 0.0404. The third-order valence-corrected chi connectivity index (χ3v) is 4.46. The molecule has 1 aromatic carbocycles. The minimum Gasteiger partial charge on any atom is -0.387 e. The summed E-state index contributed by atoms with van der Waals surface area (Å²) in [5.41, 5.74) is 4.46. The maximum absolute atomic E-state index is 10.3. The van der Waals surface area contributed by atoms with Gasteiger partial charge in [-0.25, -0.2) is 4.68 Å². The third kappa shape index (κ3) is 3.80. The Morgan fingerprint density at radius 3 is 2.54 bits per heavy atom. The van der Waals surface area contributed by atoms with Gasteiger partial charge in [0.1, 0.15) is 0 Å². The lowest BCUT2D eigenvalue weighted by molar-refractivity contribution is 0.170. The molecule has 0 bridgehead atoms. The van der Waals surface area contributed by atoms with Gasteiger partial charge in [-0.3, -0.25) is 4.98 Å². The topological polar surface area (TPSA) is 86.8 Å². The van der Waals surface area contributed by atoms with Crippen LogP contribution in [0.15, 0.2) is 55.0 Å². The molecule has 0 unspecified atom stereocenters. The molecule has 6 nitrogen and oxygen atoms in total. The first-order valence-electron chi connectivity index (χ1n) is 8.46. The Kier molecular flexibility index (Phi) is 5.42. The van der Waals surface area contributed by atoms with Crippen LogP contribution in [0.2, 0.25) is 0 Å². The highest BCUT2D eigenvalue weighted by Gasteiger charge is 2.16. The summed E-state index contributed by atoms with van der Waals surface area (Å²) in [6.45, 7) is 4.50. The maximum Gasteiger partial charge on any atom is 0.0991 e. The molecule has 2 N–H and O–H groups in total. The van der Waals surface area contributed by atoms with Gasteiger partial charge in [0, 0.05) is 36.2 Å². The van der Waals surface area contributed by atoms with E-state index in [-0.39, 0.29) is 6.04 Å². The van der Waals surface area contributed by atoms with Crippen molar-refractivity contribution < 1.29 is 5.11 Å². The smallest absolute Gasteiger partial charge is 0.0991 e. The lowest BCUT2D eigenvalue weighted by Crippen LogP contribution is -2.25. The van der Waals surface area contributed by atoms with Crippen LogP contribution < -0.4 is 5.32 Å². The standard InChI is InChI=1S/C20H21N5O/c1-14(23-13-20(26)17-7-9-22-10-8-17)19-12-24-25(15(19)2)18-5-3-16(11-21)4-6-18/h3-10,12,14,20,23,26H,13H2,1-2H3/t14-,20-/m1/s1. The van der Waals surface area contributed by atoms with Gasteiger partial charge in [0.25, 0.3) is 0 Å². The van der Waals surface area contributed by atoms with Crippen molar-refractivity contribution in [2.24, 2.45) is 0 Å². The molecule has 0 saturated carbocycles. The van der Waals surface area contributed by atoms with Gasteiger partial charge in [-0.2, -0.15) is 10.4 Å². The van der Waals surface area contributed by atoms with Gasteiger partial charge in [0.2, 0.25) is 0 Å². The van der Waals surface area contributed by atoms with E-state index in [1.165, 1.54) is 0 Å². The molecule has 0 fully saturated rings. The van der Waals surface area contributed by atoms with Crippen LogP contribution in [-0.4, -0.2) is 26.4 Å². The number of nitriles is 1. The van der Waals surface area contributed by atoms with Crippen LogP contribution in [0.5, 0.6) is 0 Å². The molecule has 2 atom stereocenters. The zero-order valence-corrected chi connectivity index (χ0v) is 14.8. The predicted octanol–water partition coefficient (Wildman–Crippen LogP) is 2.83. The zero-order valence-electron chi connectivity index (χ0n) is 14.8. The number of aliphatic hydroxyl groups excluding tert-OH is 1. The molecule has 0 radical (unpaired) electrons. The Morgan fingerprint density at radius 2 is 1.88 bits per heavy atom. The molecule has 6 heteroatoms. The number of hydrogen-bond acceptors (Lipinski definition) is 5. The molecule has 0 amide bonds. The second-order valence-electron chi connectivity index (χ2n) is 6.18. The normalized spacial score (nSPS) is 13.2. The number of nitrogens with one attached hydrogen (secondary N) is 1. The van der Waals surface area contributed by atoms with Crippen LogP contribution in [0.4, 0.5) is 0 Å². The van der Waals surface area contributed by atoms with E-state index in [2.05, 4.69) is 21.5 Å². The molecular formula is C20H21N5O. The molecule has 3 aromatic rings. The highest BCUT2D eigenvalue weighted by atomic mass is 16.3. The third-order valence-electron chi connectivity index (χ3n) is 4.46. The van der Waals surface area contributed by atoms with Gasteiger partial charge in [0.05, 0.1) is 29.6 Å². The summed E-state index contributed by atoms with van der Waals surface area (Å²) in [5, 5.41) is 27.0. The molecule has 0 spiro atoms. The van der Waals surface area contributed by atoms with Gasteiger partial charge in [-0.05, 0) is 55.8 Å². The van der Waals surface area contributed by atoms with Crippen LogP contribution in [0.3, 0.4) is 0 Å². The Morgan fingerprint density at radius 1 is 1.19 bits per heavy atom. The number of nitrogens with zero attached hydrogens (tertiary/aromatic N) is 4. The molecule has 132 valence electrons. The lowest BCUT2D eigenvalue weighted by Gasteiger charge is -2.17. The van der Waals surface area contributed by atoms with Crippen molar-refractivity contribution in [2.75, 3.05) is 6.54 Å². The summed E-state index contributed by atoms with van der Waals surface area (Å²) in [6, 6.07) is 13.1. The first-order valence-corrected chi connectivity index (χ1v) is 8.46. The molecule has 0 aliphatic heterocycles. The van der Waals surface area contributed by atoms with Gasteiger partial charge in [-0.15, -0.1) is 0 Å². The fourth-order valence-corrected chi connectivity index (χ4v) is 2.89. The SMILES string of the molecule is Cc1c([C@@H](C)NC[C@@H](O)c2ccncc2)cnn1-c1ccc(C#N)cc1. The average Bonchev–Trinajstić information content (AvgIpc) is 3.08. The summed E-state index contributed by atoms with van der Waals surface area (Å²) in [4.78, 5) is 3.96. The fourth-order valence-electron chi connectivity index (χ4n) is 2.89. The van der Waals surface area contributed by atoms with E-state index in [1.807, 2.05) is 49.0 Å². The quantitative estimate of drug-likeness (QED) is 0.716. The second-order valence-corrected chi connectivity index (χ2v) is 6.18. The molecule has 0 aliphatic rings. The maximum atomic E-state index is 10.3. The summed E-state index contributed by atoms with van der Waals surface area (Å²) < 4.78 is 1.86. The second kappa shape index (κ2) is 7.91. The fraction of sp³-hybridized carbons (Fsp3) is 0.250. The van der Waals surface area contributed by atoms with Crippen molar-refractivity contribution in [1.82, 2.24) is 20.1 Å². The van der Waals surface area contributed by atoms with Gasteiger partial charge < -0.3 is 10.4 Å². The number of benzene rings is 1. The summed E-state index contributed by atoms with van der Waals surface area (Å²) in [5.74, 6) is 0. The van der Waals surface area contributed by atoms with Crippen LogP contribution in [0, 0.1) is 18.3 Å². The molecule has 26 heavy (non-hydrogen) atoms. The summed E-state index contributed by atoms with van der Waals surface area (Å²) >= 11 is 0. The predicted molar refractivity (Wildman–Crippen MR) is 98.6 cm³/mol. The number of rotatable bonds is 6. The van der Waals surface area contributed by atoms with Crippen LogP contribution in [0.1, 0.15) is 41.5 Å². The minimum atomic E-state index is -0.589. The molecule has 0 aliphatic carbocycles. The highest BCUT2D eigenvalue weighted by Crippen LogP contribution is 2.21. The van der Waals surface area contributed by atoms with E-state index in [0.717, 1.165) is 22.5 Å². The van der Waals surface area contributed by atoms with Crippen molar-refractivity contribution in [3.05, 3.63) is 77.4 Å². The highest BCUT2D eigenvalue weighted by molar-refractivity contribution is 5.41. The number of pyridine rings is 1. The molecule has 3 rings (SSSR count). The Labute approximate surface area is 152 Å². The van der Waals surface area contributed by atoms with Crippen molar-refractivity contribution in [3.8, 4) is 11.8 Å². The van der Waals surface area contributed by atoms with Gasteiger partial charge >= 0.3 is 0 Å². The first-order chi connectivity index (χ1) is 12.6. The van der Waals surface area contributed by atoms with Gasteiger partial charge in [0.15, 0.2) is 0 Å². The van der Waals surface area contributed by atoms with Crippen LogP contribution in [-0.2, 0) is 0 Å². The average molecular weight is 347 g/mol. The number of aliphatic hydroxyl groups is 1. The van der Waals surface area contributed by atoms with E-state index in [4.69, 9.17) is 5.26 Å². The Balaban J connectivity index is 1.69. The van der Waals surface area contributed by atoms with Crippen LogP contribution in [0.25, 0.3) is 5.69 Å². The molecule has 0 saturated heterocycles.